The monoisotopic (exact) mass is 381 g/mol. The Morgan fingerprint density at radius 3 is 2.60 bits per heavy atom. The average Bonchev–Trinajstić information content (AvgIpc) is 2.22. The van der Waals surface area contributed by atoms with Gasteiger partial charge in [-0.2, -0.15) is 0 Å². The Balaban J connectivity index is 2.34. The summed E-state index contributed by atoms with van der Waals surface area (Å²) in [5.41, 5.74) is 1.05. The zero-order valence-corrected chi connectivity index (χ0v) is 12.0. The lowest BCUT2D eigenvalue weighted by atomic mass is 10.1. The molecule has 0 aromatic heterocycles. The smallest absolute Gasteiger partial charge is 0.224 e. The van der Waals surface area contributed by atoms with Crippen LogP contribution in [0.25, 0.3) is 0 Å². The van der Waals surface area contributed by atoms with E-state index in [9.17, 15) is 4.79 Å². The molecular formula is C11H13BrINO. The van der Waals surface area contributed by atoms with Crippen LogP contribution in [0.3, 0.4) is 0 Å². The number of hydrogen-bond donors (Lipinski definition) is 1. The molecule has 1 N–H and O–H groups in total. The molecule has 15 heavy (non-hydrogen) atoms. The van der Waals surface area contributed by atoms with Crippen LogP contribution in [-0.2, 0) is 11.2 Å². The molecule has 0 saturated heterocycles. The Morgan fingerprint density at radius 1 is 1.33 bits per heavy atom. The average molecular weight is 382 g/mol. The first-order chi connectivity index (χ1) is 7.22. The number of hydrogen-bond acceptors (Lipinski definition) is 1. The van der Waals surface area contributed by atoms with Crippen molar-refractivity contribution in [2.75, 3.05) is 11.0 Å². The number of benzene rings is 1. The molecule has 0 heterocycles. The molecule has 0 atom stereocenters. The Hall–Kier alpha value is -0.100. The van der Waals surface area contributed by atoms with Gasteiger partial charge >= 0.3 is 0 Å². The zero-order valence-electron chi connectivity index (χ0n) is 8.30. The summed E-state index contributed by atoms with van der Waals surface area (Å²) in [7, 11) is 0. The van der Waals surface area contributed by atoms with Gasteiger partial charge < -0.3 is 5.32 Å². The quantitative estimate of drug-likeness (QED) is 0.474. The van der Waals surface area contributed by atoms with Crippen LogP contribution in [0.1, 0.15) is 12.0 Å². The van der Waals surface area contributed by atoms with Crippen LogP contribution in [-0.4, -0.2) is 16.9 Å². The van der Waals surface area contributed by atoms with Crippen LogP contribution in [0, 0.1) is 0 Å². The molecular weight excluding hydrogens is 369 g/mol. The van der Waals surface area contributed by atoms with E-state index in [4.69, 9.17) is 0 Å². The fourth-order valence-electron chi connectivity index (χ4n) is 1.14. The Kier molecular flexibility index (Phi) is 6.24. The third kappa shape index (κ3) is 5.51. The third-order valence-electron chi connectivity index (χ3n) is 1.91. The van der Waals surface area contributed by atoms with Gasteiger partial charge in [0.15, 0.2) is 0 Å². The number of carbonyl (C=O) groups excluding carboxylic acids is 1. The maximum atomic E-state index is 11.4. The summed E-state index contributed by atoms with van der Waals surface area (Å²) in [5, 5.41) is 2.89. The van der Waals surface area contributed by atoms with Crippen molar-refractivity contribution >= 4 is 44.4 Å². The van der Waals surface area contributed by atoms with E-state index in [1.54, 1.807) is 0 Å². The second-order valence-electron chi connectivity index (χ2n) is 3.20. The van der Waals surface area contributed by atoms with Gasteiger partial charge in [0.1, 0.15) is 0 Å². The van der Waals surface area contributed by atoms with Crippen molar-refractivity contribution in [3.63, 3.8) is 0 Å². The molecule has 0 aliphatic rings. The van der Waals surface area contributed by atoms with Crippen molar-refractivity contribution in [2.24, 2.45) is 0 Å². The highest BCUT2D eigenvalue weighted by Gasteiger charge is 2.01. The van der Waals surface area contributed by atoms with Crippen LogP contribution in [0.15, 0.2) is 28.7 Å². The largest absolute Gasteiger partial charge is 0.356 e. The fraction of sp³-hybridized carbons (Fsp3) is 0.364. The molecule has 1 aromatic carbocycles. The standard InChI is InChI=1S/C11H13BrINO/c12-10-4-2-9(3-5-10)8-11(15)14-7-1-6-13/h2-5H,1,6-8H2,(H,14,15). The van der Waals surface area contributed by atoms with E-state index >= 15 is 0 Å². The lowest BCUT2D eigenvalue weighted by molar-refractivity contribution is -0.120. The molecule has 1 amide bonds. The molecule has 82 valence electrons. The van der Waals surface area contributed by atoms with Crippen molar-refractivity contribution in [1.29, 1.82) is 0 Å². The van der Waals surface area contributed by atoms with Crippen molar-refractivity contribution in [2.45, 2.75) is 12.8 Å². The van der Waals surface area contributed by atoms with E-state index in [0.29, 0.717) is 6.42 Å². The SMILES string of the molecule is O=C(Cc1ccc(Br)cc1)NCCCI. The number of amides is 1. The lowest BCUT2D eigenvalue weighted by Crippen LogP contribution is -2.26. The zero-order chi connectivity index (χ0) is 11.1. The van der Waals surface area contributed by atoms with E-state index in [0.717, 1.165) is 27.4 Å². The molecule has 2 nitrogen and oxygen atoms in total. The summed E-state index contributed by atoms with van der Waals surface area (Å²) in [5.74, 6) is 0.0992. The van der Waals surface area contributed by atoms with E-state index in [-0.39, 0.29) is 5.91 Å². The number of nitrogens with one attached hydrogen (secondary N) is 1. The molecule has 1 aromatic rings. The van der Waals surface area contributed by atoms with Gasteiger partial charge in [0.25, 0.3) is 0 Å². The number of halogens is 2. The van der Waals surface area contributed by atoms with Crippen LogP contribution < -0.4 is 5.32 Å². The lowest BCUT2D eigenvalue weighted by Gasteiger charge is -2.04. The summed E-state index contributed by atoms with van der Waals surface area (Å²) in [6.45, 7) is 0.776. The number of alkyl halides is 1. The van der Waals surface area contributed by atoms with E-state index in [1.807, 2.05) is 24.3 Å². The predicted molar refractivity (Wildman–Crippen MR) is 74.4 cm³/mol. The Morgan fingerprint density at radius 2 is 2.00 bits per heavy atom. The first-order valence-electron chi connectivity index (χ1n) is 4.79. The van der Waals surface area contributed by atoms with Crippen LogP contribution in [0.2, 0.25) is 0 Å². The topological polar surface area (TPSA) is 29.1 Å². The number of rotatable bonds is 5. The minimum Gasteiger partial charge on any atom is -0.356 e. The molecule has 0 bridgehead atoms. The minimum atomic E-state index is 0.0992. The van der Waals surface area contributed by atoms with Crippen molar-refractivity contribution in [3.05, 3.63) is 34.3 Å². The Bertz CT molecular complexity index is 313. The summed E-state index contributed by atoms with van der Waals surface area (Å²) in [6.07, 6.45) is 1.50. The van der Waals surface area contributed by atoms with Gasteiger partial charge in [-0.15, -0.1) is 0 Å². The molecule has 0 saturated carbocycles. The molecule has 1 rings (SSSR count). The van der Waals surface area contributed by atoms with E-state index in [2.05, 4.69) is 43.8 Å². The Labute approximate surface area is 112 Å². The molecule has 0 aliphatic carbocycles. The molecule has 0 fully saturated rings. The molecule has 0 unspecified atom stereocenters. The summed E-state index contributed by atoms with van der Waals surface area (Å²) in [6, 6.07) is 7.82. The van der Waals surface area contributed by atoms with Gasteiger partial charge in [-0.3, -0.25) is 4.79 Å². The first kappa shape index (κ1) is 13.0. The minimum absolute atomic E-state index is 0.0992. The molecule has 0 aliphatic heterocycles. The normalized spacial score (nSPS) is 10.0. The van der Waals surface area contributed by atoms with Crippen LogP contribution >= 0.6 is 38.5 Å². The molecule has 4 heteroatoms. The highest BCUT2D eigenvalue weighted by Crippen LogP contribution is 2.10. The third-order valence-corrected chi connectivity index (χ3v) is 3.20. The summed E-state index contributed by atoms with van der Waals surface area (Å²) >= 11 is 5.67. The van der Waals surface area contributed by atoms with Gasteiger partial charge in [0.05, 0.1) is 6.42 Å². The molecule has 0 spiro atoms. The van der Waals surface area contributed by atoms with Gasteiger partial charge in [-0.1, -0.05) is 50.7 Å². The van der Waals surface area contributed by atoms with Crippen LogP contribution in [0.4, 0.5) is 0 Å². The van der Waals surface area contributed by atoms with Gasteiger partial charge in [0.2, 0.25) is 5.91 Å². The second kappa shape index (κ2) is 7.22. The second-order valence-corrected chi connectivity index (χ2v) is 5.19. The van der Waals surface area contributed by atoms with Crippen LogP contribution in [0.5, 0.6) is 0 Å². The highest BCUT2D eigenvalue weighted by molar-refractivity contribution is 14.1. The number of carbonyl (C=O) groups is 1. The van der Waals surface area contributed by atoms with Gasteiger partial charge in [-0.25, -0.2) is 0 Å². The predicted octanol–water partition coefficient (Wildman–Crippen LogP) is 2.93. The van der Waals surface area contributed by atoms with Crippen molar-refractivity contribution in [3.8, 4) is 0 Å². The van der Waals surface area contributed by atoms with E-state index in [1.165, 1.54) is 0 Å². The fourth-order valence-corrected chi connectivity index (χ4v) is 1.79. The summed E-state index contributed by atoms with van der Waals surface area (Å²) in [4.78, 5) is 11.4. The van der Waals surface area contributed by atoms with Gasteiger partial charge in [0, 0.05) is 15.4 Å². The van der Waals surface area contributed by atoms with Gasteiger partial charge in [-0.05, 0) is 24.1 Å². The first-order valence-corrected chi connectivity index (χ1v) is 7.11. The maximum Gasteiger partial charge on any atom is 0.224 e. The maximum absolute atomic E-state index is 11.4. The van der Waals surface area contributed by atoms with E-state index < -0.39 is 0 Å². The van der Waals surface area contributed by atoms with Crippen molar-refractivity contribution < 1.29 is 4.79 Å². The molecule has 0 radical (unpaired) electrons. The van der Waals surface area contributed by atoms with Crippen molar-refractivity contribution in [1.82, 2.24) is 5.32 Å². The summed E-state index contributed by atoms with van der Waals surface area (Å²) < 4.78 is 2.12. The highest BCUT2D eigenvalue weighted by atomic mass is 127.